The summed E-state index contributed by atoms with van der Waals surface area (Å²) in [5.41, 5.74) is 1.04. The predicted molar refractivity (Wildman–Crippen MR) is 115 cm³/mol. The zero-order valence-corrected chi connectivity index (χ0v) is 18.7. The molecule has 0 radical (unpaired) electrons. The monoisotopic (exact) mass is 450 g/mol. The molecule has 0 aliphatic carbocycles. The molecule has 1 heterocycles. The standard InChI is InChI=1S/C21H26N2O7S/c1-5-31(25,26)23(15-6-8-19-20(10-15)30-13-29-19)12-21(24)22-14(2)17-11-16(27-3)7-9-18(17)28-4/h6-11,14H,5,12-13H2,1-4H3,(H,22,24). The third kappa shape index (κ3) is 4.96. The molecule has 0 fully saturated rings. The summed E-state index contributed by atoms with van der Waals surface area (Å²) in [7, 11) is -0.632. The highest BCUT2D eigenvalue weighted by Crippen LogP contribution is 2.36. The molecule has 0 spiro atoms. The largest absolute Gasteiger partial charge is 0.497 e. The van der Waals surface area contributed by atoms with Gasteiger partial charge in [-0.15, -0.1) is 0 Å². The summed E-state index contributed by atoms with van der Waals surface area (Å²) in [5.74, 6) is 1.54. The molecule has 9 nitrogen and oxygen atoms in total. The van der Waals surface area contributed by atoms with Crippen LogP contribution in [0.2, 0.25) is 0 Å². The zero-order chi connectivity index (χ0) is 22.6. The predicted octanol–water partition coefficient (Wildman–Crippen LogP) is 2.47. The van der Waals surface area contributed by atoms with Crippen molar-refractivity contribution in [2.75, 3.05) is 37.6 Å². The van der Waals surface area contributed by atoms with Crippen LogP contribution in [-0.2, 0) is 14.8 Å². The fraction of sp³-hybridized carbons (Fsp3) is 0.381. The van der Waals surface area contributed by atoms with Crippen molar-refractivity contribution in [3.8, 4) is 23.0 Å². The van der Waals surface area contributed by atoms with Gasteiger partial charge in [0.25, 0.3) is 0 Å². The number of nitrogens with one attached hydrogen (secondary N) is 1. The van der Waals surface area contributed by atoms with Gasteiger partial charge in [0, 0.05) is 11.6 Å². The lowest BCUT2D eigenvalue weighted by Crippen LogP contribution is -2.42. The average Bonchev–Trinajstić information content (AvgIpc) is 3.24. The lowest BCUT2D eigenvalue weighted by Gasteiger charge is -2.25. The first-order valence-corrected chi connectivity index (χ1v) is 11.3. The van der Waals surface area contributed by atoms with Crippen molar-refractivity contribution in [1.82, 2.24) is 5.32 Å². The minimum Gasteiger partial charge on any atom is -0.497 e. The molecule has 10 heteroatoms. The number of benzene rings is 2. The Kier molecular flexibility index (Phi) is 6.79. The quantitative estimate of drug-likeness (QED) is 0.626. The third-order valence-corrected chi connectivity index (χ3v) is 6.65. The second-order valence-electron chi connectivity index (χ2n) is 6.84. The maximum atomic E-state index is 12.8. The number of methoxy groups -OCH3 is 2. The molecule has 2 aromatic carbocycles. The van der Waals surface area contributed by atoms with Crippen LogP contribution in [0, 0.1) is 0 Å². The first kappa shape index (κ1) is 22.5. The minimum atomic E-state index is -3.72. The number of carbonyl (C=O) groups excluding carboxylic acids is 1. The topological polar surface area (TPSA) is 103 Å². The van der Waals surface area contributed by atoms with Crippen LogP contribution in [0.5, 0.6) is 23.0 Å². The van der Waals surface area contributed by atoms with E-state index in [4.69, 9.17) is 18.9 Å². The van der Waals surface area contributed by atoms with Gasteiger partial charge < -0.3 is 24.3 Å². The highest BCUT2D eigenvalue weighted by atomic mass is 32.2. The summed E-state index contributed by atoms with van der Waals surface area (Å²) in [4.78, 5) is 12.8. The summed E-state index contributed by atoms with van der Waals surface area (Å²) < 4.78 is 47.7. The van der Waals surface area contributed by atoms with E-state index in [-0.39, 0.29) is 19.1 Å². The number of fused-ring (bicyclic) bond motifs is 1. The number of ether oxygens (including phenoxy) is 4. The molecule has 1 N–H and O–H groups in total. The molecule has 0 aromatic heterocycles. The van der Waals surface area contributed by atoms with Gasteiger partial charge in [0.05, 0.1) is 31.7 Å². The van der Waals surface area contributed by atoms with Crippen LogP contribution in [-0.4, -0.2) is 47.6 Å². The lowest BCUT2D eigenvalue weighted by atomic mass is 10.1. The number of anilines is 1. The molecule has 1 amide bonds. The number of amides is 1. The van der Waals surface area contributed by atoms with Crippen molar-refractivity contribution >= 4 is 21.6 Å². The van der Waals surface area contributed by atoms with E-state index in [0.29, 0.717) is 34.2 Å². The van der Waals surface area contributed by atoms with E-state index in [2.05, 4.69) is 5.32 Å². The molecule has 0 saturated heterocycles. The molecule has 3 rings (SSSR count). The highest BCUT2D eigenvalue weighted by molar-refractivity contribution is 7.92. The summed E-state index contributed by atoms with van der Waals surface area (Å²) >= 11 is 0. The van der Waals surface area contributed by atoms with E-state index in [0.717, 1.165) is 4.31 Å². The Morgan fingerprint density at radius 1 is 1.13 bits per heavy atom. The van der Waals surface area contributed by atoms with E-state index in [9.17, 15) is 13.2 Å². The molecule has 168 valence electrons. The van der Waals surface area contributed by atoms with Gasteiger partial charge in [-0.2, -0.15) is 0 Å². The maximum absolute atomic E-state index is 12.8. The Labute approximate surface area is 181 Å². The number of hydrogen-bond donors (Lipinski definition) is 1. The zero-order valence-electron chi connectivity index (χ0n) is 17.9. The molecule has 31 heavy (non-hydrogen) atoms. The van der Waals surface area contributed by atoms with E-state index < -0.39 is 22.0 Å². The maximum Gasteiger partial charge on any atom is 0.241 e. The summed E-state index contributed by atoms with van der Waals surface area (Å²) in [5, 5.41) is 2.83. The van der Waals surface area contributed by atoms with Crippen LogP contribution in [0.25, 0.3) is 0 Å². The van der Waals surface area contributed by atoms with Crippen molar-refractivity contribution < 1.29 is 32.2 Å². The molecule has 1 unspecified atom stereocenters. The van der Waals surface area contributed by atoms with Crippen molar-refractivity contribution in [2.24, 2.45) is 0 Å². The molecular weight excluding hydrogens is 424 g/mol. The van der Waals surface area contributed by atoms with Crippen molar-refractivity contribution in [3.05, 3.63) is 42.0 Å². The smallest absolute Gasteiger partial charge is 0.241 e. The second-order valence-corrected chi connectivity index (χ2v) is 9.02. The summed E-state index contributed by atoms with van der Waals surface area (Å²) in [6, 6.07) is 9.59. The van der Waals surface area contributed by atoms with E-state index >= 15 is 0 Å². The molecule has 1 aliphatic heterocycles. The fourth-order valence-corrected chi connectivity index (χ4v) is 4.28. The van der Waals surface area contributed by atoms with Crippen LogP contribution >= 0.6 is 0 Å². The Morgan fingerprint density at radius 2 is 1.87 bits per heavy atom. The minimum absolute atomic E-state index is 0.0691. The van der Waals surface area contributed by atoms with E-state index in [1.807, 2.05) is 0 Å². The van der Waals surface area contributed by atoms with Crippen molar-refractivity contribution in [2.45, 2.75) is 19.9 Å². The van der Waals surface area contributed by atoms with Crippen LogP contribution in [0.3, 0.4) is 0 Å². The first-order chi connectivity index (χ1) is 14.8. The Morgan fingerprint density at radius 3 is 2.55 bits per heavy atom. The van der Waals surface area contributed by atoms with Crippen LogP contribution < -0.4 is 28.6 Å². The first-order valence-electron chi connectivity index (χ1n) is 9.70. The fourth-order valence-electron chi connectivity index (χ4n) is 3.22. The van der Waals surface area contributed by atoms with Crippen LogP contribution in [0.4, 0.5) is 5.69 Å². The molecular formula is C21H26N2O7S. The number of nitrogens with zero attached hydrogens (tertiary/aromatic N) is 1. The van der Waals surface area contributed by atoms with Gasteiger partial charge in [-0.1, -0.05) is 0 Å². The average molecular weight is 451 g/mol. The van der Waals surface area contributed by atoms with Crippen LogP contribution in [0.1, 0.15) is 25.5 Å². The van der Waals surface area contributed by atoms with Gasteiger partial charge in [0.1, 0.15) is 18.0 Å². The molecule has 1 atom stereocenters. The van der Waals surface area contributed by atoms with Gasteiger partial charge >= 0.3 is 0 Å². The molecule has 0 bridgehead atoms. The van der Waals surface area contributed by atoms with Gasteiger partial charge in [-0.05, 0) is 44.2 Å². The number of sulfonamides is 1. The Bertz CT molecular complexity index is 1060. The summed E-state index contributed by atoms with van der Waals surface area (Å²) in [6.07, 6.45) is 0. The Balaban J connectivity index is 1.81. The van der Waals surface area contributed by atoms with E-state index in [1.165, 1.54) is 14.0 Å². The Hall–Kier alpha value is -3.14. The molecule has 2 aromatic rings. The number of hydrogen-bond acceptors (Lipinski definition) is 7. The van der Waals surface area contributed by atoms with Gasteiger partial charge in [0.15, 0.2) is 11.5 Å². The number of rotatable bonds is 9. The normalized spacial score (nSPS) is 13.4. The van der Waals surface area contributed by atoms with Crippen LogP contribution in [0.15, 0.2) is 36.4 Å². The van der Waals surface area contributed by atoms with E-state index in [1.54, 1.807) is 50.4 Å². The van der Waals surface area contributed by atoms with Crippen molar-refractivity contribution in [3.63, 3.8) is 0 Å². The van der Waals surface area contributed by atoms with Gasteiger partial charge in [0.2, 0.25) is 22.7 Å². The van der Waals surface area contributed by atoms with Gasteiger partial charge in [-0.3, -0.25) is 9.10 Å². The van der Waals surface area contributed by atoms with Gasteiger partial charge in [-0.25, -0.2) is 8.42 Å². The number of carbonyl (C=O) groups is 1. The third-order valence-electron chi connectivity index (χ3n) is 4.91. The molecule has 1 aliphatic rings. The highest BCUT2D eigenvalue weighted by Gasteiger charge is 2.26. The van der Waals surface area contributed by atoms with Crippen molar-refractivity contribution in [1.29, 1.82) is 0 Å². The lowest BCUT2D eigenvalue weighted by molar-refractivity contribution is -0.120. The SMILES string of the molecule is CCS(=O)(=O)N(CC(=O)NC(C)c1cc(OC)ccc1OC)c1ccc2c(c1)OCO2. The summed E-state index contributed by atoms with van der Waals surface area (Å²) in [6.45, 7) is 3.00. The molecule has 0 saturated carbocycles. The second kappa shape index (κ2) is 9.34.